The van der Waals surface area contributed by atoms with Crippen LogP contribution in [-0.2, 0) is 42.9 Å². The van der Waals surface area contributed by atoms with E-state index in [-0.39, 0.29) is 25.9 Å². The minimum atomic E-state index is -1.91. The van der Waals surface area contributed by atoms with E-state index in [0.29, 0.717) is 19.3 Å². The van der Waals surface area contributed by atoms with E-state index < -0.39 is 67.3 Å². The molecule has 12 nitrogen and oxygen atoms in total. The van der Waals surface area contributed by atoms with Crippen LogP contribution >= 0.6 is 0 Å². The number of carbonyl (C=O) groups is 4. The zero-order valence-corrected chi connectivity index (χ0v) is 43.3. The summed E-state index contributed by atoms with van der Waals surface area (Å²) in [7, 11) is 0. The molecule has 0 amide bonds. The van der Waals surface area contributed by atoms with Gasteiger partial charge in [-0.1, -0.05) is 165 Å². The molecule has 1 aliphatic rings. The number of allylic oxidation sites excluding steroid dienone is 10. The average Bonchev–Trinajstić information content (AvgIpc) is 3.33. The van der Waals surface area contributed by atoms with Crippen LogP contribution in [0.25, 0.3) is 0 Å². The van der Waals surface area contributed by atoms with Gasteiger partial charge in [0.15, 0.2) is 24.6 Å². The fourth-order valence-corrected chi connectivity index (χ4v) is 7.84. The maximum atomic E-state index is 13.1. The third kappa shape index (κ3) is 36.1. The molecule has 6 atom stereocenters. The lowest BCUT2D eigenvalue weighted by atomic mass is 9.98. The van der Waals surface area contributed by atoms with Gasteiger partial charge in [-0.2, -0.15) is 0 Å². The Kier molecular flexibility index (Phi) is 41.9. The Bertz CT molecular complexity index is 1440. The number of carbonyl (C=O) groups excluding carboxylic acids is 3. The standard InChI is InChI=1S/C57H96O12/c1-4-7-10-13-16-19-22-25-28-31-34-37-40-43-49(58)65-46-48(67-50(59)44-41-38-35-32-29-26-23-20-17-14-11-8-5-2)47-66-57-55(53(62)52(61)54(69-57)56(63)64)68-51(60)45-42-39-36-33-30-27-24-21-18-15-12-9-6-3/h7,10,16,19-21,23-25,28,48,52-55,57,61-62H,4-6,8-9,11-15,17-18,22,26-27,29-47H2,1-3H3,(H,63,64)/b10-7-,19-16-,23-20-,24-21-,28-25-. The molecule has 6 unspecified atom stereocenters. The van der Waals surface area contributed by atoms with Gasteiger partial charge in [-0.3, -0.25) is 14.4 Å². The monoisotopic (exact) mass is 973 g/mol. The van der Waals surface area contributed by atoms with Gasteiger partial charge in [0, 0.05) is 19.3 Å². The molecule has 69 heavy (non-hydrogen) atoms. The Hall–Kier alpha value is -3.58. The van der Waals surface area contributed by atoms with Crippen molar-refractivity contribution in [3.05, 3.63) is 60.8 Å². The molecule has 1 heterocycles. The van der Waals surface area contributed by atoms with Crippen molar-refractivity contribution < 1.29 is 58.2 Å². The average molecular weight is 973 g/mol. The molecule has 0 aromatic rings. The van der Waals surface area contributed by atoms with Crippen molar-refractivity contribution >= 4 is 23.9 Å². The Morgan fingerprint density at radius 3 is 1.42 bits per heavy atom. The Morgan fingerprint density at radius 1 is 0.493 bits per heavy atom. The molecule has 1 rings (SSSR count). The number of hydrogen-bond donors (Lipinski definition) is 3. The van der Waals surface area contributed by atoms with Crippen LogP contribution in [0.2, 0.25) is 0 Å². The highest BCUT2D eigenvalue weighted by molar-refractivity contribution is 5.74. The quantitative estimate of drug-likeness (QED) is 0.0228. The maximum absolute atomic E-state index is 13.1. The summed E-state index contributed by atoms with van der Waals surface area (Å²) in [6.45, 7) is 5.79. The second-order valence-corrected chi connectivity index (χ2v) is 18.5. The van der Waals surface area contributed by atoms with Crippen LogP contribution in [0.15, 0.2) is 60.8 Å². The minimum absolute atomic E-state index is 0.0458. The van der Waals surface area contributed by atoms with Crippen LogP contribution in [-0.4, -0.2) is 89.2 Å². The van der Waals surface area contributed by atoms with Gasteiger partial charge in [0.05, 0.1) is 6.61 Å². The van der Waals surface area contributed by atoms with Crippen molar-refractivity contribution in [1.82, 2.24) is 0 Å². The highest BCUT2D eigenvalue weighted by Gasteiger charge is 2.50. The van der Waals surface area contributed by atoms with E-state index >= 15 is 0 Å². The number of aliphatic carboxylic acids is 1. The molecule has 0 aliphatic carbocycles. The first-order valence-corrected chi connectivity index (χ1v) is 27.3. The first kappa shape index (κ1) is 63.4. The summed E-state index contributed by atoms with van der Waals surface area (Å²) in [5.41, 5.74) is 0. The molecule has 0 aromatic heterocycles. The topological polar surface area (TPSA) is 175 Å². The van der Waals surface area contributed by atoms with Crippen molar-refractivity contribution in [1.29, 1.82) is 0 Å². The number of aliphatic hydroxyl groups is 2. The summed E-state index contributed by atoms with van der Waals surface area (Å²) in [6, 6.07) is 0. The van der Waals surface area contributed by atoms with E-state index in [1.54, 1.807) is 0 Å². The number of carboxylic acids is 1. The van der Waals surface area contributed by atoms with Gasteiger partial charge in [0.2, 0.25) is 0 Å². The molecule has 3 N–H and O–H groups in total. The normalized spacial score (nSPS) is 19.1. The second-order valence-electron chi connectivity index (χ2n) is 18.5. The number of hydrogen-bond acceptors (Lipinski definition) is 11. The third-order valence-electron chi connectivity index (χ3n) is 12.0. The fraction of sp³-hybridized carbons (Fsp3) is 0.754. The van der Waals surface area contributed by atoms with Crippen molar-refractivity contribution in [3.8, 4) is 0 Å². The largest absolute Gasteiger partial charge is 0.479 e. The van der Waals surface area contributed by atoms with Crippen LogP contribution in [0, 0.1) is 0 Å². The smallest absolute Gasteiger partial charge is 0.335 e. The predicted octanol–water partition coefficient (Wildman–Crippen LogP) is 13.2. The van der Waals surface area contributed by atoms with Gasteiger partial charge in [-0.05, 0) is 103 Å². The number of esters is 3. The molecular formula is C57H96O12. The minimum Gasteiger partial charge on any atom is -0.479 e. The summed E-state index contributed by atoms with van der Waals surface area (Å²) in [5.74, 6) is -3.18. The zero-order chi connectivity index (χ0) is 50.4. The van der Waals surface area contributed by atoms with E-state index in [9.17, 15) is 34.5 Å². The molecule has 0 radical (unpaired) electrons. The van der Waals surface area contributed by atoms with E-state index in [2.05, 4.69) is 81.5 Å². The maximum Gasteiger partial charge on any atom is 0.335 e. The summed E-state index contributed by atoms with van der Waals surface area (Å²) in [5, 5.41) is 31.4. The number of aliphatic hydroxyl groups excluding tert-OH is 2. The Labute approximate surface area is 417 Å². The van der Waals surface area contributed by atoms with Crippen molar-refractivity contribution in [2.45, 2.75) is 263 Å². The molecule has 0 bridgehead atoms. The van der Waals surface area contributed by atoms with Crippen molar-refractivity contribution in [3.63, 3.8) is 0 Å². The van der Waals surface area contributed by atoms with E-state index in [1.165, 1.54) is 51.4 Å². The lowest BCUT2D eigenvalue weighted by Crippen LogP contribution is -2.61. The van der Waals surface area contributed by atoms with Crippen LogP contribution in [0.5, 0.6) is 0 Å². The van der Waals surface area contributed by atoms with Crippen LogP contribution < -0.4 is 0 Å². The predicted molar refractivity (Wildman–Crippen MR) is 275 cm³/mol. The summed E-state index contributed by atoms with van der Waals surface area (Å²) in [4.78, 5) is 50.9. The van der Waals surface area contributed by atoms with Crippen LogP contribution in [0.1, 0.15) is 226 Å². The number of ether oxygens (including phenoxy) is 5. The Morgan fingerprint density at radius 2 is 0.913 bits per heavy atom. The number of rotatable bonds is 45. The van der Waals surface area contributed by atoms with Crippen molar-refractivity contribution in [2.24, 2.45) is 0 Å². The highest BCUT2D eigenvalue weighted by atomic mass is 16.7. The van der Waals surface area contributed by atoms with Gasteiger partial charge < -0.3 is 39.0 Å². The van der Waals surface area contributed by atoms with Gasteiger partial charge in [0.1, 0.15) is 18.8 Å². The molecule has 396 valence electrons. The molecule has 0 aromatic carbocycles. The lowest BCUT2D eigenvalue weighted by molar-refractivity contribution is -0.301. The fourth-order valence-electron chi connectivity index (χ4n) is 7.84. The Balaban J connectivity index is 2.75. The van der Waals surface area contributed by atoms with Gasteiger partial charge in [-0.25, -0.2) is 4.79 Å². The summed E-state index contributed by atoms with van der Waals surface area (Å²) in [6.07, 6.45) is 42.0. The first-order chi connectivity index (χ1) is 33.6. The van der Waals surface area contributed by atoms with E-state index in [0.717, 1.165) is 116 Å². The first-order valence-electron chi connectivity index (χ1n) is 27.3. The lowest BCUT2D eigenvalue weighted by Gasteiger charge is -2.40. The van der Waals surface area contributed by atoms with Gasteiger partial charge in [-0.15, -0.1) is 0 Å². The molecule has 0 saturated carbocycles. The highest BCUT2D eigenvalue weighted by Crippen LogP contribution is 2.26. The molecule has 1 fully saturated rings. The second kappa shape index (κ2) is 45.6. The summed E-state index contributed by atoms with van der Waals surface area (Å²) >= 11 is 0. The SMILES string of the molecule is CC/C=C\C/C=C\C/C=C\CCCCCC(=O)OCC(COC1OC(C(=O)O)C(O)C(O)C1OC(=O)CCCCCCC/C=C\CCCCCC)OC(=O)CCCCCCC/C=C\CCCCCC. The van der Waals surface area contributed by atoms with Crippen LogP contribution in [0.3, 0.4) is 0 Å². The molecular weight excluding hydrogens is 877 g/mol. The van der Waals surface area contributed by atoms with Crippen LogP contribution in [0.4, 0.5) is 0 Å². The summed E-state index contributed by atoms with van der Waals surface area (Å²) < 4.78 is 28.3. The number of carboxylic acid groups (broad SMARTS) is 1. The van der Waals surface area contributed by atoms with Crippen molar-refractivity contribution in [2.75, 3.05) is 13.2 Å². The molecule has 12 heteroatoms. The number of unbranched alkanes of at least 4 members (excludes halogenated alkanes) is 21. The van der Waals surface area contributed by atoms with Gasteiger partial charge in [0.25, 0.3) is 0 Å². The third-order valence-corrected chi connectivity index (χ3v) is 12.0. The molecule has 1 aliphatic heterocycles. The van der Waals surface area contributed by atoms with E-state index in [1.807, 2.05) is 0 Å². The molecule has 1 saturated heterocycles. The zero-order valence-electron chi connectivity index (χ0n) is 43.3. The molecule has 0 spiro atoms. The van der Waals surface area contributed by atoms with E-state index in [4.69, 9.17) is 23.7 Å². The van der Waals surface area contributed by atoms with Gasteiger partial charge >= 0.3 is 23.9 Å².